The molecule has 0 aliphatic carbocycles. The molecule has 0 aromatic carbocycles. The molecule has 1 aliphatic rings. The fraction of sp³-hybridized carbons (Fsp3) is 0.562. The summed E-state index contributed by atoms with van der Waals surface area (Å²) in [5.41, 5.74) is 2.41. The number of nitrogens with one attached hydrogen (secondary N) is 1. The normalized spacial score (nSPS) is 25.9. The Labute approximate surface area is 125 Å². The lowest BCUT2D eigenvalue weighted by molar-refractivity contribution is 0.168. The Morgan fingerprint density at radius 1 is 1.50 bits per heavy atom. The van der Waals surface area contributed by atoms with Crippen LogP contribution in [-0.2, 0) is 0 Å². The van der Waals surface area contributed by atoms with Crippen LogP contribution in [0.25, 0.3) is 10.2 Å². The molecule has 0 spiro atoms. The maximum atomic E-state index is 4.55. The largest absolute Gasteiger partial charge is 0.307 e. The van der Waals surface area contributed by atoms with E-state index < -0.39 is 0 Å². The fourth-order valence-electron chi connectivity index (χ4n) is 3.12. The molecule has 3 nitrogen and oxygen atoms in total. The molecular weight excluding hydrogens is 266 g/mol. The maximum absolute atomic E-state index is 4.55. The van der Waals surface area contributed by atoms with E-state index in [1.807, 2.05) is 6.20 Å². The number of rotatable bonds is 3. The predicted molar refractivity (Wildman–Crippen MR) is 86.2 cm³/mol. The lowest BCUT2D eigenvalue weighted by Crippen LogP contribution is -2.47. The number of aromatic nitrogens is 1. The summed E-state index contributed by atoms with van der Waals surface area (Å²) in [7, 11) is 2.21. The average molecular weight is 289 g/mol. The van der Waals surface area contributed by atoms with Crippen LogP contribution < -0.4 is 5.32 Å². The van der Waals surface area contributed by atoms with E-state index >= 15 is 0 Å². The lowest BCUT2D eigenvalue weighted by Gasteiger charge is -2.37. The summed E-state index contributed by atoms with van der Waals surface area (Å²) in [5, 5.41) is 5.91. The SMILES string of the molecule is CC(NC1CCN(C)CC1C)c1cnc2ccsc2c1. The minimum absolute atomic E-state index is 0.366. The van der Waals surface area contributed by atoms with Gasteiger partial charge in [0.05, 0.1) is 10.2 Å². The smallest absolute Gasteiger partial charge is 0.0809 e. The summed E-state index contributed by atoms with van der Waals surface area (Å²) in [5.74, 6) is 0.703. The molecule has 3 atom stereocenters. The first-order chi connectivity index (χ1) is 9.63. The van der Waals surface area contributed by atoms with E-state index in [4.69, 9.17) is 0 Å². The Kier molecular flexibility index (Phi) is 4.06. The number of piperidine rings is 1. The zero-order valence-electron chi connectivity index (χ0n) is 12.5. The van der Waals surface area contributed by atoms with Crippen LogP contribution >= 0.6 is 11.3 Å². The van der Waals surface area contributed by atoms with Gasteiger partial charge in [-0.25, -0.2) is 0 Å². The number of hydrogen-bond acceptors (Lipinski definition) is 4. The van der Waals surface area contributed by atoms with E-state index in [1.165, 1.54) is 29.8 Å². The summed E-state index contributed by atoms with van der Waals surface area (Å²) in [4.78, 5) is 6.97. The topological polar surface area (TPSA) is 28.2 Å². The highest BCUT2D eigenvalue weighted by molar-refractivity contribution is 7.17. The van der Waals surface area contributed by atoms with Gasteiger partial charge in [0.15, 0.2) is 0 Å². The molecule has 0 bridgehead atoms. The van der Waals surface area contributed by atoms with Crippen LogP contribution in [0.3, 0.4) is 0 Å². The highest BCUT2D eigenvalue weighted by Crippen LogP contribution is 2.24. The molecule has 2 aromatic heterocycles. The summed E-state index contributed by atoms with van der Waals surface area (Å²) < 4.78 is 1.28. The van der Waals surface area contributed by atoms with Crippen molar-refractivity contribution in [3.63, 3.8) is 0 Å². The van der Waals surface area contributed by atoms with E-state index in [0.29, 0.717) is 18.0 Å². The highest BCUT2D eigenvalue weighted by atomic mass is 32.1. The number of likely N-dealkylation sites (tertiary alicyclic amines) is 1. The molecule has 0 radical (unpaired) electrons. The van der Waals surface area contributed by atoms with Crippen molar-refractivity contribution in [2.45, 2.75) is 32.4 Å². The number of nitrogens with zero attached hydrogens (tertiary/aromatic N) is 2. The van der Waals surface area contributed by atoms with Gasteiger partial charge in [0.1, 0.15) is 0 Å². The number of fused-ring (bicyclic) bond motifs is 1. The van der Waals surface area contributed by atoms with Crippen LogP contribution in [0.1, 0.15) is 31.9 Å². The third kappa shape index (κ3) is 2.87. The molecule has 3 rings (SSSR count). The molecule has 3 unspecified atom stereocenters. The quantitative estimate of drug-likeness (QED) is 0.940. The molecule has 108 valence electrons. The van der Waals surface area contributed by atoms with Gasteiger partial charge in [0.2, 0.25) is 0 Å². The molecule has 0 saturated carbocycles. The van der Waals surface area contributed by atoms with Gasteiger partial charge in [0, 0.05) is 24.8 Å². The van der Waals surface area contributed by atoms with Gasteiger partial charge in [-0.2, -0.15) is 0 Å². The van der Waals surface area contributed by atoms with Crippen LogP contribution in [0, 0.1) is 5.92 Å². The average Bonchev–Trinajstić information content (AvgIpc) is 2.89. The van der Waals surface area contributed by atoms with Crippen molar-refractivity contribution in [3.8, 4) is 0 Å². The summed E-state index contributed by atoms with van der Waals surface area (Å²) in [6, 6.07) is 5.34. The Hall–Kier alpha value is -0.970. The molecule has 1 N–H and O–H groups in total. The van der Waals surface area contributed by atoms with Crippen LogP contribution in [0.5, 0.6) is 0 Å². The predicted octanol–water partition coefficient (Wildman–Crippen LogP) is 3.29. The van der Waals surface area contributed by atoms with Gasteiger partial charge >= 0.3 is 0 Å². The molecule has 1 saturated heterocycles. The molecule has 0 amide bonds. The monoisotopic (exact) mass is 289 g/mol. The first-order valence-electron chi connectivity index (χ1n) is 7.41. The Morgan fingerprint density at radius 2 is 2.35 bits per heavy atom. The molecule has 3 heterocycles. The summed E-state index contributed by atoms with van der Waals surface area (Å²) in [6.45, 7) is 6.98. The standard InChI is InChI=1S/C16H23N3S/c1-11-10-19(3)6-4-14(11)18-12(2)13-8-16-15(17-9-13)5-7-20-16/h5,7-9,11-12,14,18H,4,6,10H2,1-3H3. The molecule has 1 aliphatic heterocycles. The molecular formula is C16H23N3S. The van der Waals surface area contributed by atoms with Crippen LogP contribution in [0.15, 0.2) is 23.7 Å². The van der Waals surface area contributed by atoms with Gasteiger partial charge in [-0.3, -0.25) is 4.98 Å². The lowest BCUT2D eigenvalue weighted by atomic mass is 9.93. The first-order valence-corrected chi connectivity index (χ1v) is 8.29. The van der Waals surface area contributed by atoms with Crippen molar-refractivity contribution in [1.29, 1.82) is 0 Å². The third-order valence-corrected chi connectivity index (χ3v) is 5.25. The van der Waals surface area contributed by atoms with Gasteiger partial charge in [0.25, 0.3) is 0 Å². The first kappa shape index (κ1) is 14.0. The van der Waals surface area contributed by atoms with Crippen molar-refractivity contribution in [3.05, 3.63) is 29.3 Å². The maximum Gasteiger partial charge on any atom is 0.0809 e. The third-order valence-electron chi connectivity index (χ3n) is 4.40. The fourth-order valence-corrected chi connectivity index (χ4v) is 3.91. The van der Waals surface area contributed by atoms with Crippen molar-refractivity contribution < 1.29 is 0 Å². The second kappa shape index (κ2) is 5.80. The van der Waals surface area contributed by atoms with E-state index in [2.05, 4.69) is 53.6 Å². The zero-order valence-corrected chi connectivity index (χ0v) is 13.3. The number of thiophene rings is 1. The van der Waals surface area contributed by atoms with Gasteiger partial charge < -0.3 is 10.2 Å². The van der Waals surface area contributed by atoms with E-state index in [9.17, 15) is 0 Å². The minimum Gasteiger partial charge on any atom is -0.307 e. The number of hydrogen-bond donors (Lipinski definition) is 1. The van der Waals surface area contributed by atoms with Gasteiger partial charge in [-0.15, -0.1) is 11.3 Å². The van der Waals surface area contributed by atoms with Gasteiger partial charge in [-0.1, -0.05) is 6.92 Å². The van der Waals surface area contributed by atoms with Gasteiger partial charge in [-0.05, 0) is 55.9 Å². The minimum atomic E-state index is 0.366. The molecule has 2 aromatic rings. The Bertz CT molecular complexity index is 580. The summed E-state index contributed by atoms with van der Waals surface area (Å²) >= 11 is 1.77. The Morgan fingerprint density at radius 3 is 3.15 bits per heavy atom. The molecule has 20 heavy (non-hydrogen) atoms. The zero-order chi connectivity index (χ0) is 14.1. The van der Waals surface area contributed by atoms with E-state index in [0.717, 1.165) is 5.52 Å². The second-order valence-corrected chi connectivity index (χ2v) is 7.04. The Balaban J connectivity index is 1.70. The molecule has 4 heteroatoms. The highest BCUT2D eigenvalue weighted by Gasteiger charge is 2.25. The van der Waals surface area contributed by atoms with Crippen molar-refractivity contribution >= 4 is 21.6 Å². The van der Waals surface area contributed by atoms with Crippen molar-refractivity contribution in [2.75, 3.05) is 20.1 Å². The van der Waals surface area contributed by atoms with E-state index in [-0.39, 0.29) is 0 Å². The van der Waals surface area contributed by atoms with Crippen molar-refractivity contribution in [2.24, 2.45) is 5.92 Å². The van der Waals surface area contributed by atoms with Crippen LogP contribution in [-0.4, -0.2) is 36.1 Å². The van der Waals surface area contributed by atoms with E-state index in [1.54, 1.807) is 11.3 Å². The second-order valence-electron chi connectivity index (χ2n) is 6.10. The van der Waals surface area contributed by atoms with Crippen LogP contribution in [0.2, 0.25) is 0 Å². The summed E-state index contributed by atoms with van der Waals surface area (Å²) in [6.07, 6.45) is 3.25. The van der Waals surface area contributed by atoms with Crippen LogP contribution in [0.4, 0.5) is 0 Å². The molecule has 1 fully saturated rings. The number of pyridine rings is 1. The van der Waals surface area contributed by atoms with Crippen molar-refractivity contribution in [1.82, 2.24) is 15.2 Å².